The molecule has 0 fully saturated rings. The van der Waals surface area contributed by atoms with Crippen LogP contribution < -0.4 is 5.32 Å². The molecule has 0 spiro atoms. The molecule has 0 atom stereocenters. The number of carbonyl (C=O) groups is 1. The smallest absolute Gasteiger partial charge is 0.234 e. The first-order valence-corrected chi connectivity index (χ1v) is 6.85. The van der Waals surface area contributed by atoms with E-state index in [-0.39, 0.29) is 22.9 Å². The number of amides is 1. The molecule has 0 aliphatic heterocycles. The van der Waals surface area contributed by atoms with Crippen LogP contribution in [0.2, 0.25) is 0 Å². The second-order valence-corrected chi connectivity index (χ2v) is 4.97. The number of halogens is 1. The molecule has 1 N–H and O–H groups in total. The van der Waals surface area contributed by atoms with Crippen LogP contribution in [0.1, 0.15) is 5.56 Å². The van der Waals surface area contributed by atoms with E-state index in [1.807, 2.05) is 30.3 Å². The van der Waals surface area contributed by atoms with E-state index in [1.54, 1.807) is 6.07 Å². The second-order valence-electron chi connectivity index (χ2n) is 3.92. The first-order chi connectivity index (χ1) is 9.70. The van der Waals surface area contributed by atoms with Crippen molar-refractivity contribution in [3.8, 4) is 6.07 Å². The van der Waals surface area contributed by atoms with Gasteiger partial charge in [0.2, 0.25) is 5.91 Å². The molecule has 0 bridgehead atoms. The fraction of sp³-hybridized carbons (Fsp3) is 0.0667. The molecule has 3 nitrogen and oxygen atoms in total. The molecule has 1 amide bonds. The number of anilines is 1. The first-order valence-electron chi connectivity index (χ1n) is 5.87. The highest BCUT2D eigenvalue weighted by Gasteiger charge is 2.10. The van der Waals surface area contributed by atoms with Gasteiger partial charge < -0.3 is 5.32 Å². The summed E-state index contributed by atoms with van der Waals surface area (Å²) in [5, 5.41) is 11.4. The maximum Gasteiger partial charge on any atom is 0.234 e. The molecule has 2 aromatic carbocycles. The number of nitrogens with one attached hydrogen (secondary N) is 1. The van der Waals surface area contributed by atoms with Gasteiger partial charge >= 0.3 is 0 Å². The average molecular weight is 286 g/mol. The molecule has 0 unspecified atom stereocenters. The highest BCUT2D eigenvalue weighted by atomic mass is 32.2. The van der Waals surface area contributed by atoms with Crippen LogP contribution in [-0.2, 0) is 4.79 Å². The lowest BCUT2D eigenvalue weighted by molar-refractivity contribution is -0.113. The molecule has 0 aromatic heterocycles. The highest BCUT2D eigenvalue weighted by molar-refractivity contribution is 8.00. The van der Waals surface area contributed by atoms with Gasteiger partial charge in [-0.3, -0.25) is 4.79 Å². The number of nitriles is 1. The van der Waals surface area contributed by atoms with Crippen LogP contribution in [0, 0.1) is 17.1 Å². The van der Waals surface area contributed by atoms with Crippen LogP contribution in [0.15, 0.2) is 53.4 Å². The van der Waals surface area contributed by atoms with Gasteiger partial charge in [-0.2, -0.15) is 5.26 Å². The van der Waals surface area contributed by atoms with Gasteiger partial charge in [-0.1, -0.05) is 24.3 Å². The predicted molar refractivity (Wildman–Crippen MR) is 76.9 cm³/mol. The van der Waals surface area contributed by atoms with Crippen molar-refractivity contribution in [1.29, 1.82) is 5.26 Å². The standard InChI is InChI=1S/C15H11FN2OS/c16-13-7-4-8-14(12(13)9-17)18-15(19)10-20-11-5-2-1-3-6-11/h1-8H,10H2,(H,18,19). The zero-order valence-electron chi connectivity index (χ0n) is 10.5. The van der Waals surface area contributed by atoms with Gasteiger partial charge in [0.25, 0.3) is 0 Å². The van der Waals surface area contributed by atoms with Crippen LogP contribution in [0.5, 0.6) is 0 Å². The third-order valence-electron chi connectivity index (χ3n) is 2.51. The Morgan fingerprint density at radius 3 is 2.65 bits per heavy atom. The van der Waals surface area contributed by atoms with Gasteiger partial charge in [-0.05, 0) is 24.3 Å². The number of benzene rings is 2. The predicted octanol–water partition coefficient (Wildman–Crippen LogP) is 3.43. The van der Waals surface area contributed by atoms with Crippen molar-refractivity contribution in [2.24, 2.45) is 0 Å². The van der Waals surface area contributed by atoms with Crippen molar-refractivity contribution >= 4 is 23.4 Å². The molecule has 5 heteroatoms. The number of nitrogens with zero attached hydrogens (tertiary/aromatic N) is 1. The van der Waals surface area contributed by atoms with Crippen LogP contribution in [0.3, 0.4) is 0 Å². The molecular weight excluding hydrogens is 275 g/mol. The Labute approximate surface area is 120 Å². The van der Waals surface area contributed by atoms with Gasteiger partial charge in [0.15, 0.2) is 0 Å². The summed E-state index contributed by atoms with van der Waals surface area (Å²) < 4.78 is 13.4. The maximum atomic E-state index is 13.4. The third-order valence-corrected chi connectivity index (χ3v) is 3.52. The number of rotatable bonds is 4. The fourth-order valence-electron chi connectivity index (χ4n) is 1.59. The lowest BCUT2D eigenvalue weighted by Gasteiger charge is -2.07. The molecule has 0 saturated carbocycles. The van der Waals surface area contributed by atoms with E-state index in [9.17, 15) is 9.18 Å². The van der Waals surface area contributed by atoms with Crippen molar-refractivity contribution in [2.75, 3.05) is 11.1 Å². The first kappa shape index (κ1) is 14.1. The quantitative estimate of drug-likeness (QED) is 0.876. The fourth-order valence-corrected chi connectivity index (χ4v) is 2.31. The molecule has 20 heavy (non-hydrogen) atoms. The Morgan fingerprint density at radius 1 is 1.20 bits per heavy atom. The average Bonchev–Trinajstić information content (AvgIpc) is 2.46. The summed E-state index contributed by atoms with van der Waals surface area (Å²) in [6.45, 7) is 0. The van der Waals surface area contributed by atoms with Gasteiger partial charge in [0.1, 0.15) is 17.4 Å². The normalized spacial score (nSPS) is 9.80. The lowest BCUT2D eigenvalue weighted by Crippen LogP contribution is -2.15. The Morgan fingerprint density at radius 2 is 1.95 bits per heavy atom. The molecule has 0 radical (unpaired) electrons. The zero-order valence-corrected chi connectivity index (χ0v) is 11.3. The summed E-state index contributed by atoms with van der Waals surface area (Å²) in [7, 11) is 0. The minimum atomic E-state index is -0.638. The van der Waals surface area contributed by atoms with Crippen LogP contribution in [-0.4, -0.2) is 11.7 Å². The molecule has 0 aliphatic carbocycles. The minimum absolute atomic E-state index is 0.148. The van der Waals surface area contributed by atoms with E-state index in [0.29, 0.717) is 0 Å². The summed E-state index contributed by atoms with van der Waals surface area (Å²) in [5.41, 5.74) is 0.0525. The molecule has 0 saturated heterocycles. The number of hydrogen-bond acceptors (Lipinski definition) is 3. The van der Waals surface area contributed by atoms with E-state index in [4.69, 9.17) is 5.26 Å². The summed E-state index contributed by atoms with van der Waals surface area (Å²) in [6.07, 6.45) is 0. The molecule has 0 aliphatic rings. The van der Waals surface area contributed by atoms with E-state index >= 15 is 0 Å². The number of carbonyl (C=O) groups excluding carboxylic acids is 1. The lowest BCUT2D eigenvalue weighted by atomic mass is 10.2. The van der Waals surface area contributed by atoms with Crippen molar-refractivity contribution < 1.29 is 9.18 Å². The summed E-state index contributed by atoms with van der Waals surface area (Å²) >= 11 is 1.38. The SMILES string of the molecule is N#Cc1c(F)cccc1NC(=O)CSc1ccccc1. The van der Waals surface area contributed by atoms with E-state index in [0.717, 1.165) is 4.90 Å². The van der Waals surface area contributed by atoms with Gasteiger partial charge in [0, 0.05) is 4.90 Å². The number of hydrogen-bond donors (Lipinski definition) is 1. The van der Waals surface area contributed by atoms with Crippen LogP contribution >= 0.6 is 11.8 Å². The van der Waals surface area contributed by atoms with Crippen LogP contribution in [0.25, 0.3) is 0 Å². The van der Waals surface area contributed by atoms with Gasteiger partial charge in [0.05, 0.1) is 11.4 Å². The highest BCUT2D eigenvalue weighted by Crippen LogP contribution is 2.20. The van der Waals surface area contributed by atoms with E-state index in [1.165, 1.54) is 30.0 Å². The molecular formula is C15H11FN2OS. The largest absolute Gasteiger partial charge is 0.324 e. The van der Waals surface area contributed by atoms with Crippen molar-refractivity contribution in [3.05, 3.63) is 59.9 Å². The minimum Gasteiger partial charge on any atom is -0.324 e. The Kier molecular flexibility index (Phi) is 4.75. The second kappa shape index (κ2) is 6.73. The van der Waals surface area contributed by atoms with Crippen molar-refractivity contribution in [1.82, 2.24) is 0 Å². The molecule has 100 valence electrons. The van der Waals surface area contributed by atoms with Gasteiger partial charge in [-0.25, -0.2) is 4.39 Å². The van der Waals surface area contributed by atoms with E-state index < -0.39 is 5.82 Å². The van der Waals surface area contributed by atoms with Crippen molar-refractivity contribution in [3.63, 3.8) is 0 Å². The molecule has 2 aromatic rings. The summed E-state index contributed by atoms with van der Waals surface area (Å²) in [4.78, 5) is 12.8. The Balaban J connectivity index is 1.99. The number of thioether (sulfide) groups is 1. The van der Waals surface area contributed by atoms with Crippen LogP contribution in [0.4, 0.5) is 10.1 Å². The topological polar surface area (TPSA) is 52.9 Å². The zero-order chi connectivity index (χ0) is 14.4. The van der Waals surface area contributed by atoms with Gasteiger partial charge in [-0.15, -0.1) is 11.8 Å². The summed E-state index contributed by atoms with van der Waals surface area (Å²) in [5.74, 6) is -0.715. The maximum absolute atomic E-state index is 13.4. The third kappa shape index (κ3) is 3.59. The van der Waals surface area contributed by atoms with E-state index in [2.05, 4.69) is 5.32 Å². The molecule has 2 rings (SSSR count). The van der Waals surface area contributed by atoms with Crippen molar-refractivity contribution in [2.45, 2.75) is 4.90 Å². The Hall–Kier alpha value is -2.32. The summed E-state index contributed by atoms with van der Waals surface area (Å²) in [6, 6.07) is 15.4. The monoisotopic (exact) mass is 286 g/mol. The molecule has 0 heterocycles. The Bertz CT molecular complexity index is 653.